The van der Waals surface area contributed by atoms with Crippen molar-refractivity contribution in [2.45, 2.75) is 19.0 Å². The number of nitrogens with zero attached hydrogens (tertiary/aromatic N) is 2. The SMILES string of the molecule is NC(=O)c1sc2nc(C(F)F)cc(-c3ccccc3)c2c1NC(=O)C1CC(c2c(F)cccc2Cl)=NO1. The summed E-state index contributed by atoms with van der Waals surface area (Å²) in [5.74, 6) is -2.20. The lowest BCUT2D eigenvalue weighted by Crippen LogP contribution is -2.29. The van der Waals surface area contributed by atoms with Crippen LogP contribution in [0.3, 0.4) is 0 Å². The van der Waals surface area contributed by atoms with Gasteiger partial charge in [0.15, 0.2) is 0 Å². The number of halogens is 4. The number of carbonyl (C=O) groups excluding carboxylic acids is 2. The van der Waals surface area contributed by atoms with Gasteiger partial charge in [0.2, 0.25) is 6.10 Å². The summed E-state index contributed by atoms with van der Waals surface area (Å²) in [7, 11) is 0. The fourth-order valence-corrected chi connectivity index (χ4v) is 5.30. The van der Waals surface area contributed by atoms with E-state index in [1.165, 1.54) is 24.3 Å². The van der Waals surface area contributed by atoms with E-state index in [-0.39, 0.29) is 43.5 Å². The molecule has 2 amide bonds. The van der Waals surface area contributed by atoms with Crippen molar-refractivity contribution in [3.8, 4) is 11.1 Å². The number of oxime groups is 1. The minimum Gasteiger partial charge on any atom is -0.382 e. The highest BCUT2D eigenvalue weighted by Crippen LogP contribution is 2.42. The van der Waals surface area contributed by atoms with E-state index in [4.69, 9.17) is 22.2 Å². The number of anilines is 1. The number of hydrogen-bond donors (Lipinski definition) is 2. The molecule has 0 saturated heterocycles. The van der Waals surface area contributed by atoms with Crippen LogP contribution in [0.25, 0.3) is 21.3 Å². The third-order valence-corrected chi connectivity index (χ3v) is 7.09. The lowest BCUT2D eigenvalue weighted by Gasteiger charge is -2.13. The summed E-state index contributed by atoms with van der Waals surface area (Å²) in [6.07, 6.45) is -4.13. The zero-order valence-electron chi connectivity index (χ0n) is 18.7. The van der Waals surface area contributed by atoms with Gasteiger partial charge in [-0.15, -0.1) is 11.3 Å². The topological polar surface area (TPSA) is 107 Å². The summed E-state index contributed by atoms with van der Waals surface area (Å²) in [5, 5.41) is 6.84. The highest BCUT2D eigenvalue weighted by Gasteiger charge is 2.33. The van der Waals surface area contributed by atoms with Gasteiger partial charge in [0.25, 0.3) is 18.2 Å². The van der Waals surface area contributed by atoms with Gasteiger partial charge in [0, 0.05) is 11.8 Å². The van der Waals surface area contributed by atoms with E-state index in [9.17, 15) is 22.8 Å². The maximum atomic E-state index is 14.3. The lowest BCUT2D eigenvalue weighted by molar-refractivity contribution is -0.125. The Morgan fingerprint density at radius 1 is 1.16 bits per heavy atom. The monoisotopic (exact) mass is 544 g/mol. The van der Waals surface area contributed by atoms with Crippen LogP contribution >= 0.6 is 22.9 Å². The Morgan fingerprint density at radius 3 is 2.59 bits per heavy atom. The maximum Gasteiger partial charge on any atom is 0.280 e. The number of aromatic nitrogens is 1. The summed E-state index contributed by atoms with van der Waals surface area (Å²) in [6, 6.07) is 14.0. The van der Waals surface area contributed by atoms with Crippen molar-refractivity contribution in [3.05, 3.63) is 81.6 Å². The summed E-state index contributed by atoms with van der Waals surface area (Å²) >= 11 is 6.88. The van der Waals surface area contributed by atoms with Crippen LogP contribution in [-0.4, -0.2) is 28.6 Å². The molecular formula is C25H16ClF3N4O3S. The van der Waals surface area contributed by atoms with Crippen molar-refractivity contribution < 1.29 is 27.6 Å². The number of alkyl halides is 2. The Morgan fingerprint density at radius 2 is 1.92 bits per heavy atom. The molecule has 5 rings (SSSR count). The maximum absolute atomic E-state index is 14.3. The van der Waals surface area contributed by atoms with Crippen LogP contribution in [-0.2, 0) is 9.63 Å². The van der Waals surface area contributed by atoms with Crippen LogP contribution < -0.4 is 11.1 Å². The number of hydrogen-bond acceptors (Lipinski definition) is 6. The molecule has 3 N–H and O–H groups in total. The van der Waals surface area contributed by atoms with Gasteiger partial charge in [-0.3, -0.25) is 9.59 Å². The molecule has 0 saturated carbocycles. The van der Waals surface area contributed by atoms with E-state index in [0.717, 1.165) is 11.3 Å². The molecule has 2 aromatic carbocycles. The average Bonchev–Trinajstić information content (AvgIpc) is 3.49. The van der Waals surface area contributed by atoms with Crippen molar-refractivity contribution in [2.75, 3.05) is 5.32 Å². The first-order valence-corrected chi connectivity index (χ1v) is 12.0. The zero-order valence-corrected chi connectivity index (χ0v) is 20.2. The van der Waals surface area contributed by atoms with Crippen LogP contribution in [0.2, 0.25) is 5.02 Å². The number of rotatable bonds is 6. The summed E-state index contributed by atoms with van der Waals surface area (Å²) in [6.45, 7) is 0. The van der Waals surface area contributed by atoms with Crippen molar-refractivity contribution in [3.63, 3.8) is 0 Å². The largest absolute Gasteiger partial charge is 0.382 e. The molecule has 37 heavy (non-hydrogen) atoms. The smallest absolute Gasteiger partial charge is 0.280 e. The minimum absolute atomic E-state index is 0.0191. The van der Waals surface area contributed by atoms with Crippen molar-refractivity contribution >= 4 is 56.4 Å². The van der Waals surface area contributed by atoms with Crippen molar-refractivity contribution in [1.29, 1.82) is 0 Å². The van der Waals surface area contributed by atoms with Gasteiger partial charge in [-0.05, 0) is 29.3 Å². The molecule has 4 aromatic rings. The summed E-state index contributed by atoms with van der Waals surface area (Å²) < 4.78 is 41.6. The number of amides is 2. The van der Waals surface area contributed by atoms with E-state index in [1.54, 1.807) is 30.3 Å². The number of pyridine rings is 1. The molecule has 188 valence electrons. The van der Waals surface area contributed by atoms with Crippen LogP contribution in [0.4, 0.5) is 18.9 Å². The highest BCUT2D eigenvalue weighted by molar-refractivity contribution is 7.21. The van der Waals surface area contributed by atoms with Gasteiger partial charge in [-0.25, -0.2) is 18.2 Å². The Hall–Kier alpha value is -3.96. The van der Waals surface area contributed by atoms with Gasteiger partial charge in [-0.2, -0.15) is 0 Å². The number of primary amides is 1. The number of carbonyl (C=O) groups is 2. The van der Waals surface area contributed by atoms with Crippen molar-refractivity contribution in [1.82, 2.24) is 4.98 Å². The normalized spacial score (nSPS) is 15.1. The fraction of sp³-hybridized carbons (Fsp3) is 0.120. The Kier molecular flexibility index (Phi) is 6.57. The molecule has 1 atom stereocenters. The average molecular weight is 545 g/mol. The van der Waals surface area contributed by atoms with E-state index in [1.807, 2.05) is 0 Å². The van der Waals surface area contributed by atoms with Gasteiger partial charge < -0.3 is 15.9 Å². The predicted octanol–water partition coefficient (Wildman–Crippen LogP) is 5.92. The van der Waals surface area contributed by atoms with Crippen molar-refractivity contribution in [2.24, 2.45) is 10.9 Å². The second-order valence-electron chi connectivity index (χ2n) is 8.03. The first-order valence-electron chi connectivity index (χ1n) is 10.8. The summed E-state index contributed by atoms with van der Waals surface area (Å²) in [5.41, 5.74) is 6.16. The molecule has 12 heteroatoms. The zero-order chi connectivity index (χ0) is 26.3. The van der Waals surface area contributed by atoms with Crippen LogP contribution in [0.15, 0.2) is 59.8 Å². The van der Waals surface area contributed by atoms with Crippen LogP contribution in [0.5, 0.6) is 0 Å². The van der Waals surface area contributed by atoms with Gasteiger partial charge in [-0.1, -0.05) is 53.2 Å². The fourth-order valence-electron chi connectivity index (χ4n) is 4.01. The van der Waals surface area contributed by atoms with E-state index >= 15 is 0 Å². The van der Waals surface area contributed by atoms with Crippen LogP contribution in [0.1, 0.15) is 33.8 Å². The van der Waals surface area contributed by atoms with E-state index in [2.05, 4.69) is 15.5 Å². The quantitative estimate of drug-likeness (QED) is 0.314. The Labute approximate surface area is 216 Å². The molecule has 0 radical (unpaired) electrons. The van der Waals surface area contributed by atoms with Crippen LogP contribution in [0, 0.1) is 5.82 Å². The van der Waals surface area contributed by atoms with Gasteiger partial charge >= 0.3 is 0 Å². The number of nitrogens with one attached hydrogen (secondary N) is 1. The number of fused-ring (bicyclic) bond motifs is 1. The molecule has 0 fully saturated rings. The molecule has 2 aromatic heterocycles. The molecule has 3 heterocycles. The first-order chi connectivity index (χ1) is 17.7. The third kappa shape index (κ3) is 4.63. The minimum atomic E-state index is -2.86. The van der Waals surface area contributed by atoms with Gasteiger partial charge in [0.05, 0.1) is 22.0 Å². The Bertz CT molecular complexity index is 1560. The molecule has 1 aliphatic heterocycles. The Balaban J connectivity index is 1.54. The first kappa shape index (κ1) is 24.7. The van der Waals surface area contributed by atoms with E-state index < -0.39 is 35.9 Å². The molecule has 7 nitrogen and oxygen atoms in total. The summed E-state index contributed by atoms with van der Waals surface area (Å²) in [4.78, 5) is 34.7. The molecule has 0 bridgehead atoms. The molecular weight excluding hydrogens is 529 g/mol. The van der Waals surface area contributed by atoms with Gasteiger partial charge in [0.1, 0.15) is 21.2 Å². The standard InChI is InChI=1S/C25H16ClF3N4O3S/c26-13-7-4-8-14(27)19(13)15-10-17(36-33-15)24(35)32-20-18-12(11-5-2-1-3-6-11)9-16(22(28)29)31-25(18)37-21(20)23(30)34/h1-9,17,22H,10H2,(H2,30,34)(H,32,35). The number of thiophene rings is 1. The highest BCUT2D eigenvalue weighted by atomic mass is 35.5. The predicted molar refractivity (Wildman–Crippen MR) is 135 cm³/mol. The second kappa shape index (κ2) is 9.83. The number of benzene rings is 2. The second-order valence-corrected chi connectivity index (χ2v) is 9.44. The third-order valence-electron chi connectivity index (χ3n) is 5.67. The molecule has 0 aliphatic carbocycles. The lowest BCUT2D eigenvalue weighted by atomic mass is 10.0. The van der Waals surface area contributed by atoms with E-state index in [0.29, 0.717) is 11.1 Å². The molecule has 1 aliphatic rings. The number of nitrogens with two attached hydrogens (primary N) is 1. The molecule has 1 unspecified atom stereocenters. The molecule has 0 spiro atoms.